The van der Waals surface area contributed by atoms with Crippen molar-refractivity contribution in [3.8, 4) is 16.9 Å². The first-order valence-corrected chi connectivity index (χ1v) is 11.0. The Hall–Kier alpha value is -3.71. The molecule has 5 rings (SSSR count). The molecular weight excluding hydrogens is 418 g/mol. The van der Waals surface area contributed by atoms with Gasteiger partial charge in [0, 0.05) is 24.9 Å². The van der Waals surface area contributed by atoms with Crippen molar-refractivity contribution in [2.75, 3.05) is 26.8 Å². The molecule has 0 spiro atoms. The van der Waals surface area contributed by atoms with Crippen molar-refractivity contribution >= 4 is 11.8 Å². The van der Waals surface area contributed by atoms with E-state index >= 15 is 0 Å². The zero-order valence-corrected chi connectivity index (χ0v) is 18.3. The molecule has 2 aromatic carbocycles. The number of aliphatic hydroxyl groups excluding tert-OH is 1. The molecule has 3 atom stereocenters. The second kappa shape index (κ2) is 8.67. The summed E-state index contributed by atoms with van der Waals surface area (Å²) >= 11 is 0. The van der Waals surface area contributed by atoms with Crippen LogP contribution in [-0.4, -0.2) is 70.6 Å². The Labute approximate surface area is 192 Å². The summed E-state index contributed by atoms with van der Waals surface area (Å²) in [5.74, 6) is 0.447. The molecule has 1 aromatic heterocycles. The predicted molar refractivity (Wildman–Crippen MR) is 123 cm³/mol. The lowest BCUT2D eigenvalue weighted by Crippen LogP contribution is -2.73. The first-order chi connectivity index (χ1) is 16.1. The number of benzene rings is 2. The molecule has 0 aliphatic carbocycles. The third-order valence-electron chi connectivity index (χ3n) is 6.67. The van der Waals surface area contributed by atoms with Gasteiger partial charge in [-0.3, -0.25) is 14.6 Å². The molecule has 2 amide bonds. The number of amides is 2. The predicted octanol–water partition coefficient (Wildman–Crippen LogP) is 2.57. The quantitative estimate of drug-likeness (QED) is 0.655. The summed E-state index contributed by atoms with van der Waals surface area (Å²) in [4.78, 5) is 33.1. The van der Waals surface area contributed by atoms with Crippen LogP contribution < -0.4 is 4.74 Å². The van der Waals surface area contributed by atoms with Crippen molar-refractivity contribution in [1.82, 2.24) is 14.8 Å². The fourth-order valence-corrected chi connectivity index (χ4v) is 5.01. The van der Waals surface area contributed by atoms with Crippen LogP contribution in [0.3, 0.4) is 0 Å². The summed E-state index contributed by atoms with van der Waals surface area (Å²) in [6.45, 7) is 0.342. The molecule has 2 saturated heterocycles. The maximum atomic E-state index is 12.9. The SMILES string of the molecule is COc1ccc(-c2ccc([C@@H]3[C@H]4CN(C(=O)c5cccnc5)CC(=O)N4[C@H]3CO)cc2)cc1. The minimum Gasteiger partial charge on any atom is -0.497 e. The van der Waals surface area contributed by atoms with Gasteiger partial charge in [-0.15, -0.1) is 0 Å². The molecule has 0 radical (unpaired) electrons. The van der Waals surface area contributed by atoms with Gasteiger partial charge in [0.25, 0.3) is 5.91 Å². The Morgan fingerprint density at radius 1 is 1.09 bits per heavy atom. The van der Waals surface area contributed by atoms with E-state index in [2.05, 4.69) is 29.2 Å². The van der Waals surface area contributed by atoms with Gasteiger partial charge < -0.3 is 19.6 Å². The van der Waals surface area contributed by atoms with Gasteiger partial charge in [0.05, 0.1) is 31.4 Å². The van der Waals surface area contributed by atoms with Crippen LogP contribution in [0.4, 0.5) is 0 Å². The number of hydrogen-bond acceptors (Lipinski definition) is 5. The lowest BCUT2D eigenvalue weighted by molar-refractivity contribution is -0.159. The number of pyridine rings is 1. The van der Waals surface area contributed by atoms with Gasteiger partial charge in [-0.05, 0) is 41.0 Å². The van der Waals surface area contributed by atoms with Crippen LogP contribution in [0.2, 0.25) is 0 Å². The highest BCUT2D eigenvalue weighted by molar-refractivity contribution is 5.97. The third kappa shape index (κ3) is 3.74. The first-order valence-electron chi connectivity index (χ1n) is 11.0. The number of aromatic nitrogens is 1. The molecule has 0 saturated carbocycles. The maximum absolute atomic E-state index is 12.9. The van der Waals surface area contributed by atoms with E-state index in [4.69, 9.17) is 4.74 Å². The van der Waals surface area contributed by atoms with Crippen LogP contribution in [0.5, 0.6) is 5.75 Å². The number of aliphatic hydroxyl groups is 1. The van der Waals surface area contributed by atoms with Crippen LogP contribution in [0, 0.1) is 0 Å². The topological polar surface area (TPSA) is 83.0 Å². The second-order valence-corrected chi connectivity index (χ2v) is 8.42. The minimum absolute atomic E-state index is 0.0177. The number of nitrogens with zero attached hydrogens (tertiary/aromatic N) is 3. The number of rotatable bonds is 5. The number of hydrogen-bond donors (Lipinski definition) is 1. The molecule has 2 aliphatic rings. The highest BCUT2D eigenvalue weighted by atomic mass is 16.5. The fraction of sp³-hybridized carbons (Fsp3) is 0.269. The first kappa shape index (κ1) is 21.2. The van der Waals surface area contributed by atoms with Crippen molar-refractivity contribution in [2.24, 2.45) is 0 Å². The summed E-state index contributed by atoms with van der Waals surface area (Å²) in [7, 11) is 1.64. The number of piperazine rings is 1. The largest absolute Gasteiger partial charge is 0.497 e. The molecule has 1 N–H and O–H groups in total. The third-order valence-corrected chi connectivity index (χ3v) is 6.67. The van der Waals surface area contributed by atoms with Crippen molar-refractivity contribution in [3.63, 3.8) is 0 Å². The van der Waals surface area contributed by atoms with Crippen molar-refractivity contribution in [1.29, 1.82) is 0 Å². The number of carbonyl (C=O) groups is 2. The van der Waals surface area contributed by atoms with E-state index in [9.17, 15) is 14.7 Å². The Morgan fingerprint density at radius 2 is 1.79 bits per heavy atom. The van der Waals surface area contributed by atoms with Crippen LogP contribution in [0.15, 0.2) is 73.1 Å². The highest BCUT2D eigenvalue weighted by Gasteiger charge is 2.54. The maximum Gasteiger partial charge on any atom is 0.255 e. The number of methoxy groups -OCH3 is 1. The average Bonchev–Trinajstić information content (AvgIpc) is 2.86. The van der Waals surface area contributed by atoms with Gasteiger partial charge in [-0.1, -0.05) is 36.4 Å². The fourth-order valence-electron chi connectivity index (χ4n) is 5.01. The van der Waals surface area contributed by atoms with Gasteiger partial charge in [-0.2, -0.15) is 0 Å². The van der Waals surface area contributed by atoms with Gasteiger partial charge in [0.1, 0.15) is 12.3 Å². The molecular formula is C26H25N3O4. The zero-order valence-electron chi connectivity index (χ0n) is 18.3. The zero-order chi connectivity index (χ0) is 22.9. The molecule has 2 fully saturated rings. The van der Waals surface area contributed by atoms with Crippen molar-refractivity contribution < 1.29 is 19.4 Å². The summed E-state index contributed by atoms with van der Waals surface area (Å²) in [5, 5.41) is 10.0. The van der Waals surface area contributed by atoms with Crippen LogP contribution in [0.1, 0.15) is 21.8 Å². The van der Waals surface area contributed by atoms with Crippen LogP contribution >= 0.6 is 0 Å². The molecule has 33 heavy (non-hydrogen) atoms. The molecule has 7 heteroatoms. The van der Waals surface area contributed by atoms with E-state index in [0.29, 0.717) is 12.1 Å². The highest BCUT2D eigenvalue weighted by Crippen LogP contribution is 2.43. The van der Waals surface area contributed by atoms with Gasteiger partial charge in [0.2, 0.25) is 5.91 Å². The number of ether oxygens (including phenoxy) is 1. The summed E-state index contributed by atoms with van der Waals surface area (Å²) < 4.78 is 5.23. The van der Waals surface area contributed by atoms with E-state index in [-0.39, 0.29) is 43.0 Å². The van der Waals surface area contributed by atoms with E-state index in [1.807, 2.05) is 24.3 Å². The normalized spacial score (nSPS) is 21.9. The van der Waals surface area contributed by atoms with Crippen LogP contribution in [0.25, 0.3) is 11.1 Å². The van der Waals surface area contributed by atoms with Crippen molar-refractivity contribution in [3.05, 3.63) is 84.2 Å². The Kier molecular flexibility index (Phi) is 5.56. The molecule has 2 aliphatic heterocycles. The summed E-state index contributed by atoms with van der Waals surface area (Å²) in [6, 6.07) is 19.1. The molecule has 3 aromatic rings. The molecule has 0 bridgehead atoms. The Balaban J connectivity index is 1.37. The Morgan fingerprint density at radius 3 is 2.39 bits per heavy atom. The lowest BCUT2D eigenvalue weighted by Gasteiger charge is -2.58. The van der Waals surface area contributed by atoms with E-state index in [1.165, 1.54) is 6.20 Å². The second-order valence-electron chi connectivity index (χ2n) is 8.42. The van der Waals surface area contributed by atoms with E-state index in [0.717, 1.165) is 22.4 Å². The minimum atomic E-state index is -0.273. The van der Waals surface area contributed by atoms with Crippen LogP contribution in [-0.2, 0) is 4.79 Å². The molecule has 168 valence electrons. The summed E-state index contributed by atoms with van der Waals surface area (Å²) in [5.41, 5.74) is 3.68. The van der Waals surface area contributed by atoms with Gasteiger partial charge >= 0.3 is 0 Å². The smallest absolute Gasteiger partial charge is 0.255 e. The number of fused-ring (bicyclic) bond motifs is 1. The average molecular weight is 444 g/mol. The molecule has 0 unspecified atom stereocenters. The Bertz CT molecular complexity index is 1150. The molecule has 7 nitrogen and oxygen atoms in total. The van der Waals surface area contributed by atoms with E-state index in [1.54, 1.807) is 35.2 Å². The standard InChI is InChI=1S/C26H25N3O4/c1-33-21-10-8-18(9-11-21)17-4-6-19(7-5-17)25-22-14-28(15-24(31)29(22)23(25)16-30)26(32)20-3-2-12-27-13-20/h2-13,22-23,25,30H,14-16H2,1H3/t22-,23+,25-/m1/s1. The molecule has 3 heterocycles. The van der Waals surface area contributed by atoms with Gasteiger partial charge in [-0.25, -0.2) is 0 Å². The van der Waals surface area contributed by atoms with Crippen molar-refractivity contribution in [2.45, 2.75) is 18.0 Å². The number of carbonyl (C=O) groups excluding carboxylic acids is 2. The van der Waals surface area contributed by atoms with Gasteiger partial charge in [0.15, 0.2) is 0 Å². The summed E-state index contributed by atoms with van der Waals surface area (Å²) in [6.07, 6.45) is 3.13. The van der Waals surface area contributed by atoms with E-state index < -0.39 is 0 Å². The monoisotopic (exact) mass is 443 g/mol. The lowest BCUT2D eigenvalue weighted by atomic mass is 9.73.